The number of aromatic nitrogens is 1. The van der Waals surface area contributed by atoms with Gasteiger partial charge >= 0.3 is 0 Å². The molecule has 6 heteroatoms. The van der Waals surface area contributed by atoms with Gasteiger partial charge in [-0.2, -0.15) is 5.26 Å². The van der Waals surface area contributed by atoms with Crippen LogP contribution in [0.2, 0.25) is 0 Å². The number of amides is 1. The highest BCUT2D eigenvalue weighted by molar-refractivity contribution is 6.01. The molecule has 1 saturated heterocycles. The van der Waals surface area contributed by atoms with Crippen molar-refractivity contribution < 1.29 is 14.3 Å². The molecule has 0 aliphatic carbocycles. The molecule has 2 heterocycles. The van der Waals surface area contributed by atoms with Gasteiger partial charge in [0.05, 0.1) is 20.3 Å². The molecular weight excluding hydrogens is 330 g/mol. The lowest BCUT2D eigenvalue weighted by molar-refractivity contribution is -0.130. The van der Waals surface area contributed by atoms with Gasteiger partial charge in [0, 0.05) is 30.2 Å². The number of morpholine rings is 1. The molecule has 1 fully saturated rings. The van der Waals surface area contributed by atoms with Crippen LogP contribution in [-0.4, -0.2) is 48.8 Å². The van der Waals surface area contributed by atoms with Gasteiger partial charge in [0.15, 0.2) is 0 Å². The van der Waals surface area contributed by atoms with E-state index in [1.54, 1.807) is 18.1 Å². The summed E-state index contributed by atoms with van der Waals surface area (Å²) in [5.74, 6) is 0.520. The third-order valence-corrected chi connectivity index (χ3v) is 4.38. The van der Waals surface area contributed by atoms with Gasteiger partial charge in [-0.25, -0.2) is 0 Å². The highest BCUT2D eigenvalue weighted by Gasteiger charge is 2.21. The number of aryl methyl sites for hydroxylation is 1. The first-order valence-corrected chi connectivity index (χ1v) is 8.45. The van der Waals surface area contributed by atoms with Crippen LogP contribution in [-0.2, 0) is 9.53 Å². The summed E-state index contributed by atoms with van der Waals surface area (Å²) < 4.78 is 12.5. The number of methoxy groups -OCH3 is 1. The predicted octanol–water partition coefficient (Wildman–Crippen LogP) is 2.56. The molecule has 0 unspecified atom stereocenters. The van der Waals surface area contributed by atoms with Crippen molar-refractivity contribution in [3.63, 3.8) is 0 Å². The predicted molar refractivity (Wildman–Crippen MR) is 98.0 cm³/mol. The van der Waals surface area contributed by atoms with Gasteiger partial charge in [-0.1, -0.05) is 0 Å². The summed E-state index contributed by atoms with van der Waals surface area (Å²) >= 11 is 0. The number of carbonyl (C=O) groups excluding carboxylic acids is 1. The Morgan fingerprint density at radius 3 is 2.50 bits per heavy atom. The molecule has 0 spiro atoms. The van der Waals surface area contributed by atoms with E-state index in [1.807, 2.05) is 54.0 Å². The lowest BCUT2D eigenvalue weighted by Gasteiger charge is -2.26. The zero-order chi connectivity index (χ0) is 18.5. The van der Waals surface area contributed by atoms with Crippen LogP contribution in [0, 0.1) is 18.3 Å². The van der Waals surface area contributed by atoms with Crippen molar-refractivity contribution in [2.75, 3.05) is 33.4 Å². The Bertz CT molecular complexity index is 853. The van der Waals surface area contributed by atoms with Crippen molar-refractivity contribution in [2.24, 2.45) is 0 Å². The van der Waals surface area contributed by atoms with Gasteiger partial charge in [-0.15, -0.1) is 0 Å². The normalized spacial score (nSPS) is 14.8. The molecule has 2 aromatic rings. The smallest absolute Gasteiger partial charge is 0.264 e. The third-order valence-electron chi connectivity index (χ3n) is 4.38. The molecule has 3 rings (SSSR count). The van der Waals surface area contributed by atoms with Gasteiger partial charge in [0.2, 0.25) is 0 Å². The van der Waals surface area contributed by atoms with Crippen LogP contribution in [0.5, 0.6) is 5.75 Å². The SMILES string of the molecule is COc1ccc(-n2c(C)ccc2/C=C(/C#N)C(=O)N2CCOCC2)cc1. The Kier molecular flexibility index (Phi) is 5.40. The topological polar surface area (TPSA) is 67.5 Å². The van der Waals surface area contributed by atoms with E-state index < -0.39 is 0 Å². The summed E-state index contributed by atoms with van der Waals surface area (Å²) in [6, 6.07) is 13.6. The molecule has 26 heavy (non-hydrogen) atoms. The minimum Gasteiger partial charge on any atom is -0.497 e. The Balaban J connectivity index is 1.94. The molecule has 1 aliphatic rings. The largest absolute Gasteiger partial charge is 0.497 e. The molecule has 1 aromatic carbocycles. The van der Waals surface area contributed by atoms with Crippen molar-refractivity contribution >= 4 is 12.0 Å². The molecular formula is C20H21N3O3. The first kappa shape index (κ1) is 17.8. The summed E-state index contributed by atoms with van der Waals surface area (Å²) in [5.41, 5.74) is 2.86. The van der Waals surface area contributed by atoms with Crippen molar-refractivity contribution in [2.45, 2.75) is 6.92 Å². The van der Waals surface area contributed by atoms with Crippen molar-refractivity contribution in [3.8, 4) is 17.5 Å². The van der Waals surface area contributed by atoms with Crippen LogP contribution < -0.4 is 4.74 Å². The average Bonchev–Trinajstić information content (AvgIpc) is 3.06. The molecule has 0 atom stereocenters. The Morgan fingerprint density at radius 1 is 1.19 bits per heavy atom. The fraction of sp³-hybridized carbons (Fsp3) is 0.300. The van der Waals surface area contributed by atoms with Gasteiger partial charge in [0.1, 0.15) is 17.4 Å². The zero-order valence-corrected chi connectivity index (χ0v) is 14.9. The Labute approximate surface area is 152 Å². The summed E-state index contributed by atoms with van der Waals surface area (Å²) in [7, 11) is 1.63. The molecule has 0 radical (unpaired) electrons. The van der Waals surface area contributed by atoms with Gasteiger partial charge in [0.25, 0.3) is 5.91 Å². The van der Waals surface area contributed by atoms with E-state index >= 15 is 0 Å². The maximum Gasteiger partial charge on any atom is 0.264 e. The van der Waals surface area contributed by atoms with E-state index in [1.165, 1.54) is 0 Å². The average molecular weight is 351 g/mol. The summed E-state index contributed by atoms with van der Waals surface area (Å²) in [6.45, 7) is 4.02. The molecule has 0 bridgehead atoms. The maximum atomic E-state index is 12.6. The molecule has 1 aliphatic heterocycles. The molecule has 6 nitrogen and oxygen atoms in total. The fourth-order valence-electron chi connectivity index (χ4n) is 2.98. The number of hydrogen-bond acceptors (Lipinski definition) is 4. The van der Waals surface area contributed by atoms with E-state index in [-0.39, 0.29) is 11.5 Å². The highest BCUT2D eigenvalue weighted by Crippen LogP contribution is 2.22. The molecule has 134 valence electrons. The van der Waals surface area contributed by atoms with Gasteiger partial charge in [-0.05, 0) is 49.4 Å². The number of carbonyl (C=O) groups is 1. The summed E-state index contributed by atoms with van der Waals surface area (Å²) in [5, 5.41) is 9.50. The number of nitriles is 1. The van der Waals surface area contributed by atoms with Crippen LogP contribution in [0.15, 0.2) is 42.0 Å². The van der Waals surface area contributed by atoms with Crippen molar-refractivity contribution in [1.82, 2.24) is 9.47 Å². The quantitative estimate of drug-likeness (QED) is 0.627. The Morgan fingerprint density at radius 2 is 1.88 bits per heavy atom. The lowest BCUT2D eigenvalue weighted by atomic mass is 10.2. The van der Waals surface area contributed by atoms with Crippen LogP contribution in [0.4, 0.5) is 0 Å². The second-order valence-corrected chi connectivity index (χ2v) is 6.01. The van der Waals surface area contributed by atoms with Gasteiger partial charge in [-0.3, -0.25) is 4.79 Å². The number of hydrogen-bond donors (Lipinski definition) is 0. The fourth-order valence-corrected chi connectivity index (χ4v) is 2.98. The van der Waals surface area contributed by atoms with E-state index in [4.69, 9.17) is 9.47 Å². The van der Waals surface area contributed by atoms with Crippen LogP contribution in [0.25, 0.3) is 11.8 Å². The molecule has 0 saturated carbocycles. The summed E-state index contributed by atoms with van der Waals surface area (Å²) in [6.07, 6.45) is 1.65. The van der Waals surface area contributed by atoms with Crippen molar-refractivity contribution in [3.05, 3.63) is 53.4 Å². The standard InChI is InChI=1S/C20H21N3O3/c1-15-3-4-18(23(15)17-5-7-19(25-2)8-6-17)13-16(14-21)20(24)22-9-11-26-12-10-22/h3-8,13H,9-12H2,1-2H3/b16-13-. The maximum absolute atomic E-state index is 12.6. The number of ether oxygens (including phenoxy) is 2. The first-order valence-electron chi connectivity index (χ1n) is 8.45. The molecule has 0 N–H and O–H groups in total. The lowest BCUT2D eigenvalue weighted by Crippen LogP contribution is -2.41. The molecule has 1 amide bonds. The highest BCUT2D eigenvalue weighted by atomic mass is 16.5. The van der Waals surface area contributed by atoms with Crippen LogP contribution in [0.1, 0.15) is 11.4 Å². The van der Waals surface area contributed by atoms with Crippen molar-refractivity contribution in [1.29, 1.82) is 5.26 Å². The third kappa shape index (κ3) is 3.63. The first-order chi connectivity index (χ1) is 12.6. The summed E-state index contributed by atoms with van der Waals surface area (Å²) in [4.78, 5) is 14.3. The number of benzene rings is 1. The Hall–Kier alpha value is -3.04. The van der Waals surface area contributed by atoms with E-state index in [0.717, 1.165) is 22.8 Å². The van der Waals surface area contributed by atoms with E-state index in [2.05, 4.69) is 0 Å². The van der Waals surface area contributed by atoms with E-state index in [9.17, 15) is 10.1 Å². The molecule has 1 aromatic heterocycles. The van der Waals surface area contributed by atoms with Crippen LogP contribution >= 0.6 is 0 Å². The second kappa shape index (κ2) is 7.89. The van der Waals surface area contributed by atoms with E-state index in [0.29, 0.717) is 26.3 Å². The minimum absolute atomic E-state index is 0.125. The van der Waals surface area contributed by atoms with Crippen LogP contribution in [0.3, 0.4) is 0 Å². The monoisotopic (exact) mass is 351 g/mol. The minimum atomic E-state index is -0.254. The number of nitrogens with zero attached hydrogens (tertiary/aromatic N) is 3. The number of rotatable bonds is 4. The second-order valence-electron chi connectivity index (χ2n) is 6.01. The zero-order valence-electron chi connectivity index (χ0n) is 14.9. The van der Waals surface area contributed by atoms with Gasteiger partial charge < -0.3 is 18.9 Å².